The summed E-state index contributed by atoms with van der Waals surface area (Å²) in [6, 6.07) is 13.5. The van der Waals surface area contributed by atoms with Gasteiger partial charge >= 0.3 is 0 Å². The van der Waals surface area contributed by atoms with Crippen molar-refractivity contribution in [1.29, 1.82) is 0 Å². The number of benzene rings is 1. The second kappa shape index (κ2) is 6.29. The van der Waals surface area contributed by atoms with Gasteiger partial charge in [0.25, 0.3) is 0 Å². The van der Waals surface area contributed by atoms with E-state index in [1.165, 1.54) is 17.7 Å². The molecule has 1 aromatic carbocycles. The van der Waals surface area contributed by atoms with Crippen LogP contribution in [0.15, 0.2) is 47.1 Å². The quantitative estimate of drug-likeness (QED) is 0.814. The molecule has 2 unspecified atom stereocenters. The monoisotopic (exact) mass is 359 g/mol. The number of halogens is 1. The maximum absolute atomic E-state index is 4.46. The van der Waals surface area contributed by atoms with Crippen LogP contribution in [0.2, 0.25) is 0 Å². The summed E-state index contributed by atoms with van der Waals surface area (Å²) in [6.45, 7) is 3.37. The van der Waals surface area contributed by atoms with Crippen molar-refractivity contribution in [3.63, 3.8) is 0 Å². The highest BCUT2D eigenvalue weighted by Gasteiger charge is 2.31. The van der Waals surface area contributed by atoms with Crippen molar-refractivity contribution in [3.8, 4) is 0 Å². The van der Waals surface area contributed by atoms with Gasteiger partial charge in [-0.2, -0.15) is 0 Å². The van der Waals surface area contributed by atoms with E-state index in [0.717, 1.165) is 16.8 Å². The first-order chi connectivity index (χ1) is 10.6. The highest BCUT2D eigenvalue weighted by atomic mass is 79.9. The summed E-state index contributed by atoms with van der Waals surface area (Å²) in [5, 5.41) is 0. The molecule has 0 amide bonds. The lowest BCUT2D eigenvalue weighted by Crippen LogP contribution is -2.27. The molecule has 1 aliphatic rings. The first kappa shape index (κ1) is 15.3. The summed E-state index contributed by atoms with van der Waals surface area (Å²) in [5.41, 5.74) is 2.68. The minimum absolute atomic E-state index is 0.527. The highest BCUT2D eigenvalue weighted by Crippen LogP contribution is 2.38. The fourth-order valence-corrected chi connectivity index (χ4v) is 3.66. The summed E-state index contributed by atoms with van der Waals surface area (Å²) in [5.74, 6) is 1.59. The van der Waals surface area contributed by atoms with Crippen LogP contribution in [0.5, 0.6) is 0 Å². The van der Waals surface area contributed by atoms with Crippen molar-refractivity contribution in [2.24, 2.45) is 0 Å². The van der Waals surface area contributed by atoms with E-state index in [1.807, 2.05) is 25.2 Å². The zero-order valence-electron chi connectivity index (χ0n) is 13.3. The predicted octanol–water partition coefficient (Wildman–Crippen LogP) is 4.29. The molecule has 0 radical (unpaired) electrons. The third-order valence-electron chi connectivity index (χ3n) is 4.43. The molecule has 1 aromatic heterocycles. The van der Waals surface area contributed by atoms with E-state index in [1.54, 1.807) is 0 Å². The molecule has 4 heteroatoms. The van der Waals surface area contributed by atoms with E-state index in [4.69, 9.17) is 0 Å². The minimum atomic E-state index is 0.527. The van der Waals surface area contributed by atoms with Crippen LogP contribution in [-0.4, -0.2) is 31.7 Å². The average Bonchev–Trinajstić information content (AvgIpc) is 2.90. The van der Waals surface area contributed by atoms with E-state index in [9.17, 15) is 0 Å². The number of hydrogen-bond acceptors (Lipinski definition) is 3. The predicted molar refractivity (Wildman–Crippen MR) is 96.9 cm³/mol. The molecule has 0 spiro atoms. The highest BCUT2D eigenvalue weighted by molar-refractivity contribution is 9.10. The largest absolute Gasteiger partial charge is 0.367 e. The summed E-state index contributed by atoms with van der Waals surface area (Å²) in [6.07, 6.45) is 3.10. The van der Waals surface area contributed by atoms with Crippen molar-refractivity contribution >= 4 is 27.4 Å². The Morgan fingerprint density at radius 1 is 1.23 bits per heavy atom. The lowest BCUT2D eigenvalue weighted by atomic mass is 9.97. The van der Waals surface area contributed by atoms with Crippen LogP contribution in [-0.2, 0) is 0 Å². The summed E-state index contributed by atoms with van der Waals surface area (Å²) in [7, 11) is 4.06. The SMILES string of the molecule is CC1CC(c2ccccc2)CN1c1cc(N(C)C)ncc1Br. The molecule has 2 heterocycles. The number of rotatable bonds is 3. The van der Waals surface area contributed by atoms with Crippen LogP contribution in [0.1, 0.15) is 24.8 Å². The van der Waals surface area contributed by atoms with Gasteiger partial charge in [0.1, 0.15) is 5.82 Å². The van der Waals surface area contributed by atoms with Crippen LogP contribution < -0.4 is 9.80 Å². The zero-order valence-corrected chi connectivity index (χ0v) is 14.9. The maximum Gasteiger partial charge on any atom is 0.130 e. The molecule has 3 rings (SSSR count). The maximum atomic E-state index is 4.46. The molecule has 0 aliphatic carbocycles. The molecule has 0 saturated carbocycles. The third-order valence-corrected chi connectivity index (χ3v) is 5.05. The number of pyridine rings is 1. The van der Waals surface area contributed by atoms with Crippen LogP contribution in [0.4, 0.5) is 11.5 Å². The fraction of sp³-hybridized carbons (Fsp3) is 0.389. The van der Waals surface area contributed by atoms with Gasteiger partial charge in [-0.25, -0.2) is 4.98 Å². The van der Waals surface area contributed by atoms with E-state index in [0.29, 0.717) is 12.0 Å². The Labute approximate surface area is 141 Å². The van der Waals surface area contributed by atoms with Crippen LogP contribution >= 0.6 is 15.9 Å². The van der Waals surface area contributed by atoms with E-state index < -0.39 is 0 Å². The van der Waals surface area contributed by atoms with Crippen LogP contribution in [0.25, 0.3) is 0 Å². The van der Waals surface area contributed by atoms with Crippen molar-refractivity contribution in [1.82, 2.24) is 4.98 Å². The number of hydrogen-bond donors (Lipinski definition) is 0. The Morgan fingerprint density at radius 3 is 2.64 bits per heavy atom. The van der Waals surface area contributed by atoms with Gasteiger partial charge in [0, 0.05) is 44.9 Å². The Bertz CT molecular complexity index is 642. The first-order valence-electron chi connectivity index (χ1n) is 7.70. The van der Waals surface area contributed by atoms with Gasteiger partial charge in [-0.1, -0.05) is 30.3 Å². The third kappa shape index (κ3) is 2.98. The molecule has 1 saturated heterocycles. The first-order valence-corrected chi connectivity index (χ1v) is 8.50. The van der Waals surface area contributed by atoms with Crippen molar-refractivity contribution in [2.75, 3.05) is 30.4 Å². The molecule has 0 N–H and O–H groups in total. The second-order valence-corrected chi connectivity index (χ2v) is 7.09. The van der Waals surface area contributed by atoms with E-state index in [2.05, 4.69) is 69.1 Å². The molecule has 22 heavy (non-hydrogen) atoms. The molecule has 116 valence electrons. The number of aromatic nitrogens is 1. The smallest absolute Gasteiger partial charge is 0.130 e. The lowest BCUT2D eigenvalue weighted by molar-refractivity contribution is 0.699. The van der Waals surface area contributed by atoms with Crippen molar-refractivity contribution in [2.45, 2.75) is 25.3 Å². The van der Waals surface area contributed by atoms with Gasteiger partial charge in [0.2, 0.25) is 0 Å². The van der Waals surface area contributed by atoms with Gasteiger partial charge < -0.3 is 9.80 Å². The van der Waals surface area contributed by atoms with Gasteiger partial charge in [-0.05, 0) is 34.8 Å². The Kier molecular flexibility index (Phi) is 4.39. The molecule has 2 aromatic rings. The zero-order chi connectivity index (χ0) is 15.7. The van der Waals surface area contributed by atoms with Crippen molar-refractivity contribution < 1.29 is 0 Å². The lowest BCUT2D eigenvalue weighted by Gasteiger charge is -2.26. The van der Waals surface area contributed by atoms with Gasteiger partial charge in [-0.15, -0.1) is 0 Å². The number of nitrogens with zero attached hydrogens (tertiary/aromatic N) is 3. The summed E-state index contributed by atoms with van der Waals surface area (Å²) < 4.78 is 1.07. The average molecular weight is 360 g/mol. The van der Waals surface area contributed by atoms with Crippen LogP contribution in [0.3, 0.4) is 0 Å². The van der Waals surface area contributed by atoms with Gasteiger partial charge in [0.05, 0.1) is 10.2 Å². The molecular weight excluding hydrogens is 338 g/mol. The Hall–Kier alpha value is -1.55. The van der Waals surface area contributed by atoms with Gasteiger partial charge in [0.15, 0.2) is 0 Å². The molecular formula is C18H22BrN3. The minimum Gasteiger partial charge on any atom is -0.367 e. The second-order valence-electron chi connectivity index (χ2n) is 6.23. The Balaban J connectivity index is 1.88. The normalized spacial score (nSPS) is 21.2. The Morgan fingerprint density at radius 2 is 1.95 bits per heavy atom. The number of anilines is 2. The van der Waals surface area contributed by atoms with Gasteiger partial charge in [-0.3, -0.25) is 0 Å². The molecule has 0 bridgehead atoms. The van der Waals surface area contributed by atoms with E-state index in [-0.39, 0.29) is 0 Å². The molecule has 2 atom stereocenters. The molecule has 3 nitrogen and oxygen atoms in total. The summed E-state index contributed by atoms with van der Waals surface area (Å²) >= 11 is 3.67. The van der Waals surface area contributed by atoms with Crippen LogP contribution in [0, 0.1) is 0 Å². The topological polar surface area (TPSA) is 19.4 Å². The fourth-order valence-electron chi connectivity index (χ4n) is 3.22. The standard InChI is InChI=1S/C18H22BrN3/c1-13-9-15(14-7-5-4-6-8-14)12-22(13)17-10-18(21(2)3)20-11-16(17)19/h4-8,10-11,13,15H,9,12H2,1-3H3. The molecule has 1 aliphatic heterocycles. The van der Waals surface area contributed by atoms with E-state index >= 15 is 0 Å². The van der Waals surface area contributed by atoms with Crippen molar-refractivity contribution in [3.05, 3.63) is 52.6 Å². The summed E-state index contributed by atoms with van der Waals surface area (Å²) in [4.78, 5) is 9.01. The molecule has 1 fully saturated rings.